The maximum Gasteiger partial charge on any atom is 0.0380 e. The number of halogens is 1. The van der Waals surface area contributed by atoms with Crippen molar-refractivity contribution in [3.05, 3.63) is 40.9 Å². The van der Waals surface area contributed by atoms with Crippen LogP contribution in [0.3, 0.4) is 0 Å². The molecule has 0 aliphatic heterocycles. The third kappa shape index (κ3) is 4.66. The first-order valence-electron chi connectivity index (χ1n) is 7.02. The molecule has 1 rings (SSSR count). The summed E-state index contributed by atoms with van der Waals surface area (Å²) in [7, 11) is 0. The molecule has 1 N–H and O–H groups in total. The lowest BCUT2D eigenvalue weighted by Gasteiger charge is -2.23. The molecule has 0 aliphatic carbocycles. The van der Waals surface area contributed by atoms with Crippen LogP contribution in [0.1, 0.15) is 38.8 Å². The molecule has 0 heterocycles. The van der Waals surface area contributed by atoms with Crippen molar-refractivity contribution in [1.29, 1.82) is 0 Å². The highest BCUT2D eigenvalue weighted by Gasteiger charge is 2.10. The first kappa shape index (κ1) is 16.3. The number of nitrogens with one attached hydrogen (secondary N) is 1. The first-order chi connectivity index (χ1) is 9.13. The molecule has 1 aromatic carbocycles. The fourth-order valence-corrected chi connectivity index (χ4v) is 2.82. The normalized spacial score (nSPS) is 12.2. The molecule has 0 fully saturated rings. The fraction of sp³-hybridized carbons (Fsp3) is 0.500. The van der Waals surface area contributed by atoms with E-state index in [4.69, 9.17) is 0 Å². The molecule has 0 amide bonds. The Morgan fingerprint density at radius 1 is 1.42 bits per heavy atom. The van der Waals surface area contributed by atoms with Crippen LogP contribution in [-0.4, -0.2) is 19.6 Å². The average molecular weight is 325 g/mol. The molecule has 2 nitrogen and oxygen atoms in total. The smallest absolute Gasteiger partial charge is 0.0380 e. The predicted molar refractivity (Wildman–Crippen MR) is 88.9 cm³/mol. The van der Waals surface area contributed by atoms with Crippen LogP contribution < -0.4 is 10.2 Å². The quantitative estimate of drug-likeness (QED) is 0.707. The SMILES string of the molecule is C=CCN(CC)c1ccc(C(C)NCCC)c(Br)c1. The van der Waals surface area contributed by atoms with Gasteiger partial charge in [0, 0.05) is 29.3 Å². The zero-order chi connectivity index (χ0) is 14.3. The van der Waals surface area contributed by atoms with Crippen molar-refractivity contribution >= 4 is 21.6 Å². The predicted octanol–water partition coefficient (Wildman–Crippen LogP) is 4.52. The van der Waals surface area contributed by atoms with Crippen molar-refractivity contribution in [3.8, 4) is 0 Å². The minimum absolute atomic E-state index is 0.373. The van der Waals surface area contributed by atoms with Crippen LogP contribution in [0.15, 0.2) is 35.3 Å². The van der Waals surface area contributed by atoms with Crippen LogP contribution in [-0.2, 0) is 0 Å². The number of nitrogens with zero attached hydrogens (tertiary/aromatic N) is 1. The second kappa shape index (κ2) is 8.39. The number of hydrogen-bond acceptors (Lipinski definition) is 2. The van der Waals surface area contributed by atoms with Crippen LogP contribution in [0.2, 0.25) is 0 Å². The number of anilines is 1. The minimum atomic E-state index is 0.373. The van der Waals surface area contributed by atoms with Crippen molar-refractivity contribution in [2.45, 2.75) is 33.2 Å². The molecule has 0 radical (unpaired) electrons. The molecule has 0 aliphatic rings. The summed E-state index contributed by atoms with van der Waals surface area (Å²) in [6, 6.07) is 6.97. The van der Waals surface area contributed by atoms with Gasteiger partial charge in [0.1, 0.15) is 0 Å². The molecule has 1 atom stereocenters. The van der Waals surface area contributed by atoms with E-state index in [1.165, 1.54) is 15.7 Å². The summed E-state index contributed by atoms with van der Waals surface area (Å²) in [5, 5.41) is 3.52. The van der Waals surface area contributed by atoms with E-state index >= 15 is 0 Å². The maximum absolute atomic E-state index is 3.81. The maximum atomic E-state index is 3.81. The zero-order valence-corrected chi connectivity index (χ0v) is 13.8. The summed E-state index contributed by atoms with van der Waals surface area (Å²) in [5.41, 5.74) is 2.55. The van der Waals surface area contributed by atoms with Crippen LogP contribution in [0, 0.1) is 0 Å². The van der Waals surface area contributed by atoms with Gasteiger partial charge in [-0.2, -0.15) is 0 Å². The Morgan fingerprint density at radius 3 is 2.68 bits per heavy atom. The molecule has 1 unspecified atom stereocenters. The molecule has 0 saturated carbocycles. The van der Waals surface area contributed by atoms with E-state index in [1.807, 2.05) is 6.08 Å². The van der Waals surface area contributed by atoms with E-state index in [1.54, 1.807) is 0 Å². The third-order valence-corrected chi connectivity index (χ3v) is 3.93. The number of likely N-dealkylation sites (N-methyl/N-ethyl adjacent to an activating group) is 1. The van der Waals surface area contributed by atoms with E-state index in [9.17, 15) is 0 Å². The topological polar surface area (TPSA) is 15.3 Å². The van der Waals surface area contributed by atoms with Gasteiger partial charge in [0.25, 0.3) is 0 Å². The van der Waals surface area contributed by atoms with Crippen molar-refractivity contribution < 1.29 is 0 Å². The van der Waals surface area contributed by atoms with E-state index in [2.05, 4.69) is 71.7 Å². The van der Waals surface area contributed by atoms with Crippen LogP contribution in [0.25, 0.3) is 0 Å². The van der Waals surface area contributed by atoms with Crippen molar-refractivity contribution in [2.24, 2.45) is 0 Å². The Kier molecular flexibility index (Phi) is 7.17. The van der Waals surface area contributed by atoms with Gasteiger partial charge < -0.3 is 10.2 Å². The van der Waals surface area contributed by atoms with Gasteiger partial charge in [-0.3, -0.25) is 0 Å². The lowest BCUT2D eigenvalue weighted by atomic mass is 10.1. The number of hydrogen-bond donors (Lipinski definition) is 1. The monoisotopic (exact) mass is 324 g/mol. The van der Waals surface area contributed by atoms with Crippen LogP contribution in [0.5, 0.6) is 0 Å². The van der Waals surface area contributed by atoms with E-state index in [-0.39, 0.29) is 0 Å². The van der Waals surface area contributed by atoms with Crippen molar-refractivity contribution in [1.82, 2.24) is 5.32 Å². The van der Waals surface area contributed by atoms with Gasteiger partial charge in [0.2, 0.25) is 0 Å². The molecule has 19 heavy (non-hydrogen) atoms. The molecule has 1 aromatic rings. The second-order valence-corrected chi connectivity index (χ2v) is 5.56. The Bertz CT molecular complexity index is 404. The Morgan fingerprint density at radius 2 is 2.16 bits per heavy atom. The summed E-state index contributed by atoms with van der Waals surface area (Å²) in [5.74, 6) is 0. The van der Waals surface area contributed by atoms with Crippen molar-refractivity contribution in [3.63, 3.8) is 0 Å². The highest BCUT2D eigenvalue weighted by molar-refractivity contribution is 9.10. The Hall–Kier alpha value is -0.800. The molecular formula is C16H25BrN2. The van der Waals surface area contributed by atoms with Gasteiger partial charge in [0.15, 0.2) is 0 Å². The fourth-order valence-electron chi connectivity index (χ4n) is 2.11. The summed E-state index contributed by atoms with van der Waals surface area (Å²) in [4.78, 5) is 2.30. The van der Waals surface area contributed by atoms with E-state index < -0.39 is 0 Å². The highest BCUT2D eigenvalue weighted by atomic mass is 79.9. The van der Waals surface area contributed by atoms with Gasteiger partial charge in [0.05, 0.1) is 0 Å². The van der Waals surface area contributed by atoms with E-state index in [0.717, 1.165) is 26.1 Å². The summed E-state index contributed by atoms with van der Waals surface area (Å²) >= 11 is 3.70. The van der Waals surface area contributed by atoms with Gasteiger partial charge in [-0.05, 0) is 44.5 Å². The molecule has 0 bridgehead atoms. The Labute approximate surface area is 126 Å². The molecule has 0 aromatic heterocycles. The summed E-state index contributed by atoms with van der Waals surface area (Å²) < 4.78 is 1.17. The second-order valence-electron chi connectivity index (χ2n) is 4.71. The van der Waals surface area contributed by atoms with Gasteiger partial charge >= 0.3 is 0 Å². The van der Waals surface area contributed by atoms with Gasteiger partial charge in [-0.15, -0.1) is 6.58 Å². The van der Waals surface area contributed by atoms with Gasteiger partial charge in [-0.1, -0.05) is 35.0 Å². The Balaban J connectivity index is 2.86. The van der Waals surface area contributed by atoms with Gasteiger partial charge in [-0.25, -0.2) is 0 Å². The first-order valence-corrected chi connectivity index (χ1v) is 7.82. The molecule has 0 saturated heterocycles. The zero-order valence-electron chi connectivity index (χ0n) is 12.2. The molecule has 106 valence electrons. The lowest BCUT2D eigenvalue weighted by Crippen LogP contribution is -2.23. The largest absolute Gasteiger partial charge is 0.368 e. The molecule has 3 heteroatoms. The number of rotatable bonds is 8. The minimum Gasteiger partial charge on any atom is -0.368 e. The lowest BCUT2D eigenvalue weighted by molar-refractivity contribution is 0.569. The summed E-state index contributed by atoms with van der Waals surface area (Å²) in [6.45, 7) is 13.3. The third-order valence-electron chi connectivity index (χ3n) is 3.25. The highest BCUT2D eigenvalue weighted by Crippen LogP contribution is 2.28. The van der Waals surface area contributed by atoms with Crippen LogP contribution in [0.4, 0.5) is 5.69 Å². The summed E-state index contributed by atoms with van der Waals surface area (Å²) in [6.07, 6.45) is 3.10. The molecule has 0 spiro atoms. The number of benzene rings is 1. The van der Waals surface area contributed by atoms with Crippen LogP contribution >= 0.6 is 15.9 Å². The standard InChI is InChI=1S/C16H25BrN2/c1-5-10-18-13(4)15-9-8-14(12-16(15)17)19(7-3)11-6-2/h6,8-9,12-13,18H,2,5,7,10-11H2,1,3-4H3. The molecular weight excluding hydrogens is 300 g/mol. The van der Waals surface area contributed by atoms with Crippen molar-refractivity contribution in [2.75, 3.05) is 24.5 Å². The van der Waals surface area contributed by atoms with E-state index in [0.29, 0.717) is 6.04 Å². The average Bonchev–Trinajstić information content (AvgIpc) is 2.42.